The molecule has 11 heteroatoms. The normalized spacial score (nSPS) is 11.9. The number of sulfonamides is 1. The fourth-order valence-electron chi connectivity index (χ4n) is 4.62. The summed E-state index contributed by atoms with van der Waals surface area (Å²) in [4.78, 5) is 29.1. The van der Waals surface area contributed by atoms with Gasteiger partial charge in [0.15, 0.2) is 0 Å². The number of amides is 2. The van der Waals surface area contributed by atoms with Gasteiger partial charge in [-0.1, -0.05) is 96.9 Å². The number of anilines is 1. The molecule has 7 nitrogen and oxygen atoms in total. The second-order valence-corrected chi connectivity index (χ2v) is 12.7. The SMILES string of the molecule is CCCNC(=O)[C@@H](Cc1ccccc1)N(Cc1ccccc1F)C(=O)CN(c1ccc(Cl)c(Cl)c1)S(=O)(=O)c1ccccc1. The Hall–Kier alpha value is -3.92. The highest BCUT2D eigenvalue weighted by molar-refractivity contribution is 7.92. The molecule has 0 aliphatic heterocycles. The number of carbonyl (C=O) groups excluding carboxylic acids is 2. The zero-order valence-electron chi connectivity index (χ0n) is 24.0. The third-order valence-corrected chi connectivity index (χ3v) is 9.45. The van der Waals surface area contributed by atoms with Crippen LogP contribution in [-0.4, -0.2) is 44.3 Å². The molecule has 0 heterocycles. The van der Waals surface area contributed by atoms with Crippen LogP contribution in [0.4, 0.5) is 10.1 Å². The van der Waals surface area contributed by atoms with E-state index in [0.29, 0.717) is 13.0 Å². The first kappa shape index (κ1) is 33.0. The van der Waals surface area contributed by atoms with E-state index in [-0.39, 0.29) is 39.2 Å². The van der Waals surface area contributed by atoms with E-state index in [1.54, 1.807) is 24.3 Å². The van der Waals surface area contributed by atoms with Gasteiger partial charge in [0.1, 0.15) is 18.4 Å². The standard InChI is InChI=1S/C33H32Cl2FN3O4S/c1-2-19-37-33(41)31(20-24-11-5-3-6-12-24)38(22-25-13-9-10-16-30(25)36)32(40)23-39(26-17-18-28(34)29(35)21-26)44(42,43)27-14-7-4-8-15-27/h3-18,21,31H,2,19-20,22-23H2,1H3,(H,37,41)/t31-/m1/s1. The molecule has 1 atom stereocenters. The predicted octanol–water partition coefficient (Wildman–Crippen LogP) is 6.49. The summed E-state index contributed by atoms with van der Waals surface area (Å²) >= 11 is 12.4. The largest absolute Gasteiger partial charge is 0.354 e. The average molecular weight is 657 g/mol. The van der Waals surface area contributed by atoms with Gasteiger partial charge in [-0.25, -0.2) is 12.8 Å². The molecule has 0 radical (unpaired) electrons. The molecule has 230 valence electrons. The highest BCUT2D eigenvalue weighted by Crippen LogP contribution is 2.31. The summed E-state index contributed by atoms with van der Waals surface area (Å²) in [6.45, 7) is 1.29. The van der Waals surface area contributed by atoms with E-state index in [2.05, 4.69) is 5.32 Å². The molecule has 1 N–H and O–H groups in total. The summed E-state index contributed by atoms with van der Waals surface area (Å²) in [5, 5.41) is 3.15. The van der Waals surface area contributed by atoms with Crippen LogP contribution in [0.25, 0.3) is 0 Å². The van der Waals surface area contributed by atoms with Gasteiger partial charge in [-0.2, -0.15) is 0 Å². The molecule has 44 heavy (non-hydrogen) atoms. The molecule has 4 rings (SSSR count). The van der Waals surface area contributed by atoms with Gasteiger partial charge in [-0.15, -0.1) is 0 Å². The Morgan fingerprint density at radius 1 is 0.864 bits per heavy atom. The number of benzene rings is 4. The summed E-state index contributed by atoms with van der Waals surface area (Å²) in [5.74, 6) is -1.71. The van der Waals surface area contributed by atoms with Crippen molar-refractivity contribution in [2.24, 2.45) is 0 Å². The molecule has 4 aromatic carbocycles. The topological polar surface area (TPSA) is 86.8 Å². The van der Waals surface area contributed by atoms with Crippen LogP contribution in [0, 0.1) is 5.82 Å². The van der Waals surface area contributed by atoms with Gasteiger partial charge in [0.05, 0.1) is 20.6 Å². The summed E-state index contributed by atoms with van der Waals surface area (Å²) in [6.07, 6.45) is 0.778. The summed E-state index contributed by atoms with van der Waals surface area (Å²) in [7, 11) is -4.30. The lowest BCUT2D eigenvalue weighted by molar-refractivity contribution is -0.140. The summed E-state index contributed by atoms with van der Waals surface area (Å²) < 4.78 is 43.8. The smallest absolute Gasteiger partial charge is 0.264 e. The van der Waals surface area contributed by atoms with E-state index in [4.69, 9.17) is 23.2 Å². The molecule has 0 aliphatic rings. The predicted molar refractivity (Wildman–Crippen MR) is 172 cm³/mol. The molecule has 0 saturated heterocycles. The molecule has 4 aromatic rings. The minimum Gasteiger partial charge on any atom is -0.354 e. The number of hydrogen-bond donors (Lipinski definition) is 1. The maximum Gasteiger partial charge on any atom is 0.264 e. The van der Waals surface area contributed by atoms with Crippen molar-refractivity contribution in [1.29, 1.82) is 0 Å². The lowest BCUT2D eigenvalue weighted by Crippen LogP contribution is -2.53. The molecule has 0 spiro atoms. The van der Waals surface area contributed by atoms with E-state index in [9.17, 15) is 22.4 Å². The Morgan fingerprint density at radius 2 is 1.50 bits per heavy atom. The number of rotatable bonds is 13. The van der Waals surface area contributed by atoms with Gasteiger partial charge >= 0.3 is 0 Å². The van der Waals surface area contributed by atoms with E-state index in [1.165, 1.54) is 53.4 Å². The molecule has 0 saturated carbocycles. The van der Waals surface area contributed by atoms with Gasteiger partial charge < -0.3 is 10.2 Å². The van der Waals surface area contributed by atoms with Crippen LogP contribution in [0.5, 0.6) is 0 Å². The maximum atomic E-state index is 15.0. The first-order valence-electron chi connectivity index (χ1n) is 14.0. The number of halogens is 3. The van der Waals surface area contributed by atoms with Crippen molar-refractivity contribution in [2.75, 3.05) is 17.4 Å². The minimum atomic E-state index is -4.30. The van der Waals surface area contributed by atoms with Gasteiger partial charge in [0.2, 0.25) is 11.8 Å². The Balaban J connectivity index is 1.81. The van der Waals surface area contributed by atoms with E-state index in [0.717, 1.165) is 9.87 Å². The van der Waals surface area contributed by atoms with Crippen LogP contribution in [-0.2, 0) is 32.6 Å². The third kappa shape index (κ3) is 8.16. The molecule has 0 bridgehead atoms. The van der Waals surface area contributed by atoms with Crippen LogP contribution in [0.2, 0.25) is 10.0 Å². The van der Waals surface area contributed by atoms with Crippen molar-refractivity contribution in [3.05, 3.63) is 130 Å². The van der Waals surface area contributed by atoms with Crippen molar-refractivity contribution in [2.45, 2.75) is 37.2 Å². The fourth-order valence-corrected chi connectivity index (χ4v) is 6.34. The van der Waals surface area contributed by atoms with Crippen molar-refractivity contribution >= 4 is 50.7 Å². The van der Waals surface area contributed by atoms with Crippen molar-refractivity contribution in [3.8, 4) is 0 Å². The number of nitrogens with zero attached hydrogens (tertiary/aromatic N) is 2. The molecule has 0 fully saturated rings. The van der Waals surface area contributed by atoms with E-state index >= 15 is 0 Å². The van der Waals surface area contributed by atoms with Crippen LogP contribution in [0.15, 0.2) is 108 Å². The zero-order chi connectivity index (χ0) is 31.7. The molecular formula is C33H32Cl2FN3O4S. The second kappa shape index (κ2) is 15.2. The third-order valence-electron chi connectivity index (χ3n) is 6.92. The zero-order valence-corrected chi connectivity index (χ0v) is 26.3. The Labute approximate surface area is 267 Å². The van der Waals surface area contributed by atoms with Gasteiger partial charge in [0.25, 0.3) is 10.0 Å². The van der Waals surface area contributed by atoms with E-state index in [1.807, 2.05) is 37.3 Å². The highest BCUT2D eigenvalue weighted by Gasteiger charge is 2.35. The monoisotopic (exact) mass is 655 g/mol. The molecule has 0 aliphatic carbocycles. The fraction of sp³-hybridized carbons (Fsp3) is 0.212. The molecular weight excluding hydrogens is 624 g/mol. The van der Waals surface area contributed by atoms with Gasteiger partial charge in [-0.05, 0) is 48.4 Å². The lowest BCUT2D eigenvalue weighted by atomic mass is 10.0. The molecule has 2 amide bonds. The van der Waals surface area contributed by atoms with Crippen LogP contribution in [0.1, 0.15) is 24.5 Å². The number of carbonyl (C=O) groups is 2. The van der Waals surface area contributed by atoms with Crippen LogP contribution >= 0.6 is 23.2 Å². The van der Waals surface area contributed by atoms with Crippen molar-refractivity contribution in [3.63, 3.8) is 0 Å². The maximum absolute atomic E-state index is 15.0. The van der Waals surface area contributed by atoms with Gasteiger partial charge in [-0.3, -0.25) is 13.9 Å². The quantitative estimate of drug-likeness (QED) is 0.178. The average Bonchev–Trinajstić information content (AvgIpc) is 3.03. The molecule has 0 unspecified atom stereocenters. The van der Waals surface area contributed by atoms with Crippen molar-refractivity contribution in [1.82, 2.24) is 10.2 Å². The first-order chi connectivity index (χ1) is 21.1. The van der Waals surface area contributed by atoms with Crippen LogP contribution in [0.3, 0.4) is 0 Å². The van der Waals surface area contributed by atoms with E-state index < -0.39 is 40.2 Å². The first-order valence-corrected chi connectivity index (χ1v) is 16.2. The number of nitrogens with one attached hydrogen (secondary N) is 1. The second-order valence-electron chi connectivity index (χ2n) is 10.0. The minimum absolute atomic E-state index is 0.0546. The Morgan fingerprint density at radius 3 is 2.14 bits per heavy atom. The number of hydrogen-bond acceptors (Lipinski definition) is 4. The molecule has 0 aromatic heterocycles. The Bertz CT molecular complexity index is 1690. The summed E-state index contributed by atoms with van der Waals surface area (Å²) in [5.41, 5.74) is 1.04. The lowest BCUT2D eigenvalue weighted by Gasteiger charge is -2.34. The van der Waals surface area contributed by atoms with Crippen LogP contribution < -0.4 is 9.62 Å². The summed E-state index contributed by atoms with van der Waals surface area (Å²) in [6, 6.07) is 25.9. The Kier molecular flexibility index (Phi) is 11.4. The van der Waals surface area contributed by atoms with Gasteiger partial charge in [0, 0.05) is 25.1 Å². The van der Waals surface area contributed by atoms with Crippen molar-refractivity contribution < 1.29 is 22.4 Å². The highest BCUT2D eigenvalue weighted by atomic mass is 35.5.